The zero-order valence-electron chi connectivity index (χ0n) is 18.1. The van der Waals surface area contributed by atoms with Crippen LogP contribution in [0.15, 0.2) is 42.5 Å². The van der Waals surface area contributed by atoms with Gasteiger partial charge in [-0.25, -0.2) is 4.39 Å². The highest BCUT2D eigenvalue weighted by atomic mass is 32.2. The highest BCUT2D eigenvalue weighted by Crippen LogP contribution is 2.38. The molecule has 1 aliphatic heterocycles. The van der Waals surface area contributed by atoms with Crippen molar-refractivity contribution >= 4 is 17.7 Å². The number of thioether (sulfide) groups is 1. The summed E-state index contributed by atoms with van der Waals surface area (Å²) in [4.78, 5) is 17.4. The minimum Gasteiger partial charge on any atom is -0.385 e. The van der Waals surface area contributed by atoms with Crippen LogP contribution in [0.2, 0.25) is 0 Å². The van der Waals surface area contributed by atoms with Crippen molar-refractivity contribution < 1.29 is 13.9 Å². The van der Waals surface area contributed by atoms with Crippen LogP contribution < -0.4 is 0 Å². The van der Waals surface area contributed by atoms with Crippen molar-refractivity contribution in [1.82, 2.24) is 9.80 Å². The zero-order valence-corrected chi connectivity index (χ0v) is 18.9. The van der Waals surface area contributed by atoms with Crippen molar-refractivity contribution in [3.05, 3.63) is 70.5 Å². The first kappa shape index (κ1) is 22.8. The molecular formula is C24H31FN2O2S. The molecule has 0 saturated carbocycles. The molecule has 1 saturated heterocycles. The number of methoxy groups -OCH3 is 1. The molecule has 0 bridgehead atoms. The van der Waals surface area contributed by atoms with Gasteiger partial charge in [0.25, 0.3) is 0 Å². The molecule has 0 spiro atoms. The lowest BCUT2D eigenvalue weighted by Crippen LogP contribution is -2.40. The number of aryl methyl sites for hydroxylation is 2. The lowest BCUT2D eigenvalue weighted by Gasteiger charge is -2.29. The van der Waals surface area contributed by atoms with E-state index in [-0.39, 0.29) is 17.1 Å². The first-order valence-electron chi connectivity index (χ1n) is 10.4. The van der Waals surface area contributed by atoms with Crippen LogP contribution in [0.1, 0.15) is 34.0 Å². The molecule has 4 nitrogen and oxygen atoms in total. The normalized spacial score (nSPS) is 16.4. The average molecular weight is 431 g/mol. The third-order valence-electron chi connectivity index (χ3n) is 5.45. The summed E-state index contributed by atoms with van der Waals surface area (Å²) in [5.41, 5.74) is 4.70. The summed E-state index contributed by atoms with van der Waals surface area (Å²) in [7, 11) is 1.70. The topological polar surface area (TPSA) is 32.8 Å². The second-order valence-corrected chi connectivity index (χ2v) is 9.04. The Morgan fingerprint density at radius 2 is 2.00 bits per heavy atom. The van der Waals surface area contributed by atoms with Crippen molar-refractivity contribution in [2.45, 2.75) is 32.2 Å². The summed E-state index contributed by atoms with van der Waals surface area (Å²) in [6.07, 6.45) is 0.880. The molecule has 30 heavy (non-hydrogen) atoms. The standard InChI is InChI=1S/C24H31FN2O2S/c1-18-5-6-19(2)21(15-18)16-26(11-4-13-29-3)17-23(28)27-12-14-30-24(27)20-7-9-22(25)10-8-20/h5-10,15,24H,4,11-14,16-17H2,1-3H3/t24-/m1/s1. The predicted octanol–water partition coefficient (Wildman–Crippen LogP) is 4.56. The molecule has 6 heteroatoms. The van der Waals surface area contributed by atoms with E-state index in [0.29, 0.717) is 13.2 Å². The number of carbonyl (C=O) groups excluding carboxylic acids is 1. The van der Waals surface area contributed by atoms with Gasteiger partial charge in [-0.05, 0) is 49.1 Å². The predicted molar refractivity (Wildman–Crippen MR) is 121 cm³/mol. The lowest BCUT2D eigenvalue weighted by molar-refractivity contribution is -0.132. The number of hydrogen-bond acceptors (Lipinski definition) is 4. The van der Waals surface area contributed by atoms with E-state index in [0.717, 1.165) is 37.4 Å². The maximum Gasteiger partial charge on any atom is 0.237 e. The molecule has 1 amide bonds. The van der Waals surface area contributed by atoms with Gasteiger partial charge >= 0.3 is 0 Å². The number of hydrogen-bond donors (Lipinski definition) is 0. The van der Waals surface area contributed by atoms with Crippen LogP contribution in [0, 0.1) is 19.7 Å². The Labute approximate surface area is 183 Å². The van der Waals surface area contributed by atoms with Gasteiger partial charge < -0.3 is 9.64 Å². The number of carbonyl (C=O) groups is 1. The van der Waals surface area contributed by atoms with E-state index in [1.54, 1.807) is 31.0 Å². The van der Waals surface area contributed by atoms with E-state index >= 15 is 0 Å². The maximum absolute atomic E-state index is 13.3. The number of amides is 1. The summed E-state index contributed by atoms with van der Waals surface area (Å²) in [5.74, 6) is 0.767. The second-order valence-electron chi connectivity index (χ2n) is 7.85. The molecule has 2 aromatic rings. The van der Waals surface area contributed by atoms with Gasteiger partial charge in [0.2, 0.25) is 5.91 Å². The minimum absolute atomic E-state index is 0.0420. The highest BCUT2D eigenvalue weighted by Gasteiger charge is 2.31. The Morgan fingerprint density at radius 3 is 2.73 bits per heavy atom. The second kappa shape index (κ2) is 10.9. The smallest absolute Gasteiger partial charge is 0.237 e. The van der Waals surface area contributed by atoms with Gasteiger partial charge in [-0.3, -0.25) is 9.69 Å². The van der Waals surface area contributed by atoms with E-state index in [1.165, 1.54) is 28.8 Å². The minimum atomic E-state index is -0.252. The Balaban J connectivity index is 1.71. The summed E-state index contributed by atoms with van der Waals surface area (Å²) in [6.45, 7) is 7.52. The average Bonchev–Trinajstić information content (AvgIpc) is 3.21. The summed E-state index contributed by atoms with van der Waals surface area (Å²) in [6, 6.07) is 13.0. The van der Waals surface area contributed by atoms with Gasteiger partial charge in [-0.1, -0.05) is 35.9 Å². The summed E-state index contributed by atoms with van der Waals surface area (Å²) in [5, 5.41) is -0.0420. The SMILES string of the molecule is COCCCN(CC(=O)N1CCS[C@@H]1c1ccc(F)cc1)Cc1cc(C)ccc1C. The van der Waals surface area contributed by atoms with E-state index in [1.807, 2.05) is 4.90 Å². The van der Waals surface area contributed by atoms with Crippen molar-refractivity contribution in [3.8, 4) is 0 Å². The van der Waals surface area contributed by atoms with Crippen LogP contribution in [0.25, 0.3) is 0 Å². The molecule has 1 fully saturated rings. The van der Waals surface area contributed by atoms with Crippen LogP contribution in [0.4, 0.5) is 4.39 Å². The van der Waals surface area contributed by atoms with E-state index < -0.39 is 0 Å². The van der Waals surface area contributed by atoms with E-state index in [9.17, 15) is 9.18 Å². The van der Waals surface area contributed by atoms with Crippen molar-refractivity contribution in [3.63, 3.8) is 0 Å². The zero-order chi connectivity index (χ0) is 21.5. The fraction of sp³-hybridized carbons (Fsp3) is 0.458. The molecule has 1 aliphatic rings. The van der Waals surface area contributed by atoms with Gasteiger partial charge in [0.1, 0.15) is 11.2 Å². The van der Waals surface area contributed by atoms with Crippen molar-refractivity contribution in [2.75, 3.05) is 39.1 Å². The molecule has 2 aromatic carbocycles. The first-order chi connectivity index (χ1) is 14.5. The van der Waals surface area contributed by atoms with Crippen molar-refractivity contribution in [1.29, 1.82) is 0 Å². The van der Waals surface area contributed by atoms with Crippen LogP contribution in [0.5, 0.6) is 0 Å². The Bertz CT molecular complexity index is 844. The van der Waals surface area contributed by atoms with Crippen LogP contribution in [0.3, 0.4) is 0 Å². The van der Waals surface area contributed by atoms with Gasteiger partial charge in [-0.2, -0.15) is 0 Å². The number of nitrogens with zero attached hydrogens (tertiary/aromatic N) is 2. The molecular weight excluding hydrogens is 399 g/mol. The molecule has 3 rings (SSSR count). The van der Waals surface area contributed by atoms with Gasteiger partial charge in [-0.15, -0.1) is 11.8 Å². The first-order valence-corrected chi connectivity index (χ1v) is 11.5. The Morgan fingerprint density at radius 1 is 1.23 bits per heavy atom. The molecule has 0 unspecified atom stereocenters. The maximum atomic E-state index is 13.3. The Hall–Kier alpha value is -1.89. The molecule has 0 aliphatic carbocycles. The van der Waals surface area contributed by atoms with Crippen LogP contribution in [-0.2, 0) is 16.1 Å². The van der Waals surface area contributed by atoms with Gasteiger partial charge in [0.15, 0.2) is 0 Å². The van der Waals surface area contributed by atoms with Crippen LogP contribution in [-0.4, -0.2) is 54.8 Å². The molecule has 1 heterocycles. The summed E-state index contributed by atoms with van der Waals surface area (Å²) < 4.78 is 18.5. The largest absolute Gasteiger partial charge is 0.385 e. The lowest BCUT2D eigenvalue weighted by atomic mass is 10.1. The number of ether oxygens (including phenoxy) is 1. The molecule has 0 N–H and O–H groups in total. The monoisotopic (exact) mass is 430 g/mol. The molecule has 162 valence electrons. The van der Waals surface area contributed by atoms with Gasteiger partial charge in [0.05, 0.1) is 6.54 Å². The number of benzene rings is 2. The Kier molecular flexibility index (Phi) is 8.31. The molecule has 0 radical (unpaired) electrons. The van der Waals surface area contributed by atoms with E-state index in [4.69, 9.17) is 4.74 Å². The number of halogens is 1. The van der Waals surface area contributed by atoms with E-state index in [2.05, 4.69) is 36.9 Å². The molecule has 0 aromatic heterocycles. The third kappa shape index (κ3) is 6.06. The fourth-order valence-corrected chi connectivity index (χ4v) is 5.05. The third-order valence-corrected chi connectivity index (χ3v) is 6.71. The van der Waals surface area contributed by atoms with Crippen molar-refractivity contribution in [2.24, 2.45) is 0 Å². The quantitative estimate of drug-likeness (QED) is 0.546. The molecule has 1 atom stereocenters. The fourth-order valence-electron chi connectivity index (χ4n) is 3.77. The highest BCUT2D eigenvalue weighted by molar-refractivity contribution is 7.99. The van der Waals surface area contributed by atoms with Crippen LogP contribution >= 0.6 is 11.8 Å². The number of rotatable bonds is 9. The summed E-state index contributed by atoms with van der Waals surface area (Å²) >= 11 is 1.74. The van der Waals surface area contributed by atoms with Gasteiger partial charge in [0, 0.05) is 39.1 Å².